The Balaban J connectivity index is 2.69. The van der Waals surface area contributed by atoms with E-state index in [4.69, 9.17) is 5.41 Å². The molecule has 1 atom stereocenters. The molecule has 0 aliphatic heterocycles. The highest BCUT2D eigenvalue weighted by molar-refractivity contribution is 6.01. The van der Waals surface area contributed by atoms with E-state index >= 15 is 0 Å². The fraction of sp³-hybridized carbons (Fsp3) is 0.375. The summed E-state index contributed by atoms with van der Waals surface area (Å²) < 4.78 is 0. The summed E-state index contributed by atoms with van der Waals surface area (Å²) in [6.07, 6.45) is 8.89. The Bertz CT molecular complexity index is 165. The minimum atomic E-state index is 0.601. The van der Waals surface area contributed by atoms with Gasteiger partial charge in [-0.2, -0.15) is 0 Å². The summed E-state index contributed by atoms with van der Waals surface area (Å²) in [7, 11) is 0. The molecule has 9 heavy (non-hydrogen) atoms. The highest BCUT2D eigenvalue weighted by atomic mass is 14.4. The summed E-state index contributed by atoms with van der Waals surface area (Å²) >= 11 is 0. The summed E-state index contributed by atoms with van der Waals surface area (Å²) in [5, 5.41) is 7.24. The third-order valence-electron chi connectivity index (χ3n) is 1.41. The molecule has 48 valence electrons. The van der Waals surface area contributed by atoms with E-state index in [2.05, 4.69) is 13.0 Å². The van der Waals surface area contributed by atoms with Crippen molar-refractivity contribution in [2.24, 2.45) is 5.92 Å². The van der Waals surface area contributed by atoms with Gasteiger partial charge in [-0.1, -0.05) is 19.1 Å². The largest absolute Gasteiger partial charge is 0.301 e. The van der Waals surface area contributed by atoms with Crippen LogP contribution in [0.15, 0.2) is 24.3 Å². The molecule has 0 saturated carbocycles. The molecule has 0 aromatic heterocycles. The van der Waals surface area contributed by atoms with E-state index in [1.807, 2.05) is 18.2 Å². The Labute approximate surface area is 55.6 Å². The lowest BCUT2D eigenvalue weighted by Gasteiger charge is -1.95. The van der Waals surface area contributed by atoms with Gasteiger partial charge in [0.1, 0.15) is 0 Å². The molecule has 0 heterocycles. The predicted octanol–water partition coefficient (Wildman–Crippen LogP) is 2.16. The van der Waals surface area contributed by atoms with Crippen molar-refractivity contribution in [2.75, 3.05) is 0 Å². The van der Waals surface area contributed by atoms with Crippen LogP contribution in [0, 0.1) is 11.3 Å². The first kappa shape index (κ1) is 6.27. The molecular weight excluding hydrogens is 110 g/mol. The van der Waals surface area contributed by atoms with Gasteiger partial charge in [0.05, 0.1) is 5.71 Å². The van der Waals surface area contributed by atoms with Gasteiger partial charge in [0.25, 0.3) is 0 Å². The van der Waals surface area contributed by atoms with E-state index < -0.39 is 0 Å². The van der Waals surface area contributed by atoms with Crippen LogP contribution in [0.2, 0.25) is 0 Å². The Morgan fingerprint density at radius 1 is 1.56 bits per heavy atom. The molecule has 0 radical (unpaired) electrons. The van der Waals surface area contributed by atoms with Gasteiger partial charge in [-0.25, -0.2) is 0 Å². The Morgan fingerprint density at radius 2 is 2.33 bits per heavy atom. The van der Waals surface area contributed by atoms with E-state index in [1.54, 1.807) is 0 Å². The first-order valence-electron chi connectivity index (χ1n) is 3.22. The average molecular weight is 121 g/mol. The number of rotatable bonds is 0. The second-order valence-electron chi connectivity index (χ2n) is 2.43. The van der Waals surface area contributed by atoms with Crippen LogP contribution < -0.4 is 0 Å². The zero-order valence-electron chi connectivity index (χ0n) is 5.59. The topological polar surface area (TPSA) is 23.9 Å². The quantitative estimate of drug-likeness (QED) is 0.507. The molecule has 0 spiro atoms. The van der Waals surface area contributed by atoms with Crippen molar-refractivity contribution in [1.82, 2.24) is 0 Å². The highest BCUT2D eigenvalue weighted by Gasteiger charge is 1.96. The van der Waals surface area contributed by atoms with Crippen molar-refractivity contribution in [3.63, 3.8) is 0 Å². The Kier molecular flexibility index (Phi) is 1.83. The summed E-state index contributed by atoms with van der Waals surface area (Å²) in [5.74, 6) is 0.601. The first-order valence-corrected chi connectivity index (χ1v) is 3.22. The average Bonchev–Trinajstić information content (AvgIpc) is 1.97. The van der Waals surface area contributed by atoms with Crippen LogP contribution >= 0.6 is 0 Å². The molecule has 0 bridgehead atoms. The van der Waals surface area contributed by atoms with Gasteiger partial charge in [-0.3, -0.25) is 0 Å². The van der Waals surface area contributed by atoms with Crippen molar-refractivity contribution >= 4 is 5.71 Å². The van der Waals surface area contributed by atoms with Gasteiger partial charge >= 0.3 is 0 Å². The fourth-order valence-corrected chi connectivity index (χ4v) is 0.812. The second-order valence-corrected chi connectivity index (χ2v) is 2.43. The zero-order chi connectivity index (χ0) is 6.69. The third kappa shape index (κ3) is 1.84. The van der Waals surface area contributed by atoms with Crippen LogP contribution in [0.1, 0.15) is 13.3 Å². The Hall–Kier alpha value is -0.850. The molecule has 0 saturated heterocycles. The normalized spacial score (nSPS) is 26.3. The molecule has 0 aromatic carbocycles. The molecule has 1 aliphatic carbocycles. The maximum absolute atomic E-state index is 7.24. The standard InChI is InChI=1S/C8H11N/c1-7-3-2-4-8(9)6-5-7/h2,4-7,9H,3H2,1H3. The minimum Gasteiger partial charge on any atom is -0.301 e. The lowest BCUT2D eigenvalue weighted by molar-refractivity contribution is 0.748. The number of nitrogens with one attached hydrogen (secondary N) is 1. The van der Waals surface area contributed by atoms with Crippen molar-refractivity contribution < 1.29 is 0 Å². The van der Waals surface area contributed by atoms with Crippen LogP contribution in [0.5, 0.6) is 0 Å². The lowest BCUT2D eigenvalue weighted by Crippen LogP contribution is -1.83. The van der Waals surface area contributed by atoms with E-state index in [0.29, 0.717) is 11.6 Å². The zero-order valence-corrected chi connectivity index (χ0v) is 5.59. The van der Waals surface area contributed by atoms with Crippen molar-refractivity contribution in [3.05, 3.63) is 24.3 Å². The van der Waals surface area contributed by atoms with E-state index in [-0.39, 0.29) is 0 Å². The molecule has 1 rings (SSSR count). The summed E-state index contributed by atoms with van der Waals surface area (Å²) in [4.78, 5) is 0. The fourth-order valence-electron chi connectivity index (χ4n) is 0.812. The van der Waals surface area contributed by atoms with E-state index in [1.165, 1.54) is 0 Å². The number of allylic oxidation sites excluding steroid dienone is 4. The Morgan fingerprint density at radius 3 is 3.11 bits per heavy atom. The van der Waals surface area contributed by atoms with Crippen LogP contribution in [0.3, 0.4) is 0 Å². The summed E-state index contributed by atoms with van der Waals surface area (Å²) in [6.45, 7) is 2.15. The first-order chi connectivity index (χ1) is 4.29. The van der Waals surface area contributed by atoms with Gasteiger partial charge in [-0.05, 0) is 24.5 Å². The summed E-state index contributed by atoms with van der Waals surface area (Å²) in [6, 6.07) is 0. The molecule has 1 aliphatic rings. The monoisotopic (exact) mass is 121 g/mol. The van der Waals surface area contributed by atoms with Crippen LogP contribution in [-0.2, 0) is 0 Å². The second kappa shape index (κ2) is 2.62. The van der Waals surface area contributed by atoms with Crippen molar-refractivity contribution in [3.8, 4) is 0 Å². The lowest BCUT2D eigenvalue weighted by atomic mass is 10.1. The van der Waals surface area contributed by atoms with Gasteiger partial charge < -0.3 is 5.41 Å². The minimum absolute atomic E-state index is 0.601. The molecular formula is C8H11N. The van der Waals surface area contributed by atoms with Crippen LogP contribution in [0.4, 0.5) is 0 Å². The molecule has 1 unspecified atom stereocenters. The van der Waals surface area contributed by atoms with Crippen LogP contribution in [0.25, 0.3) is 0 Å². The molecule has 0 aromatic rings. The number of hydrogen-bond acceptors (Lipinski definition) is 1. The van der Waals surface area contributed by atoms with E-state index in [9.17, 15) is 0 Å². The van der Waals surface area contributed by atoms with Crippen molar-refractivity contribution in [2.45, 2.75) is 13.3 Å². The molecule has 0 amide bonds. The maximum Gasteiger partial charge on any atom is 0.0533 e. The highest BCUT2D eigenvalue weighted by Crippen LogP contribution is 2.07. The number of hydrogen-bond donors (Lipinski definition) is 1. The molecule has 0 fully saturated rings. The molecule has 1 N–H and O–H groups in total. The van der Waals surface area contributed by atoms with Gasteiger partial charge in [-0.15, -0.1) is 0 Å². The molecule has 1 nitrogen and oxygen atoms in total. The molecule has 1 heteroatoms. The van der Waals surface area contributed by atoms with Crippen LogP contribution in [-0.4, -0.2) is 5.71 Å². The van der Waals surface area contributed by atoms with Gasteiger partial charge in [0.2, 0.25) is 0 Å². The van der Waals surface area contributed by atoms with Crippen molar-refractivity contribution in [1.29, 1.82) is 5.41 Å². The third-order valence-corrected chi connectivity index (χ3v) is 1.41. The van der Waals surface area contributed by atoms with E-state index in [0.717, 1.165) is 6.42 Å². The predicted molar refractivity (Wildman–Crippen MR) is 39.8 cm³/mol. The smallest absolute Gasteiger partial charge is 0.0533 e. The SMILES string of the molecule is CC1C=CC(=N)C=CC1. The van der Waals surface area contributed by atoms with Gasteiger partial charge in [0, 0.05) is 0 Å². The maximum atomic E-state index is 7.24. The van der Waals surface area contributed by atoms with Gasteiger partial charge in [0.15, 0.2) is 0 Å². The summed E-state index contributed by atoms with van der Waals surface area (Å²) in [5.41, 5.74) is 0.611.